The lowest BCUT2D eigenvalue weighted by Crippen LogP contribution is -2.32. The van der Waals surface area contributed by atoms with Gasteiger partial charge in [0.25, 0.3) is 0 Å². The Balaban J connectivity index is 2.33. The molecule has 1 aromatic rings. The summed E-state index contributed by atoms with van der Waals surface area (Å²) in [5, 5.41) is 10.1. The Bertz CT molecular complexity index is 472. The third kappa shape index (κ3) is 6.35. The maximum Gasteiger partial charge on any atom is 0.322 e. The second kappa shape index (κ2) is 8.35. The van der Waals surface area contributed by atoms with Crippen LogP contribution in [0.1, 0.15) is 39.0 Å². The summed E-state index contributed by atoms with van der Waals surface area (Å²) < 4.78 is 10.1. The molecule has 1 N–H and O–H groups in total. The lowest BCUT2D eigenvalue weighted by Gasteiger charge is -2.14. The first-order valence-corrected chi connectivity index (χ1v) is 6.89. The molecule has 0 spiro atoms. The number of hydrogen-bond donors (Lipinski definition) is 1. The zero-order valence-corrected chi connectivity index (χ0v) is 12.9. The monoisotopic (exact) mass is 298 g/mol. The molecule has 0 aliphatic rings. The number of likely N-dealkylation sites (N-methyl/N-ethyl adjacent to an activating group) is 1. The van der Waals surface area contributed by atoms with E-state index in [4.69, 9.17) is 9.15 Å². The molecule has 0 saturated carbocycles. The van der Waals surface area contributed by atoms with Gasteiger partial charge in [-0.3, -0.25) is 19.8 Å². The summed E-state index contributed by atoms with van der Waals surface area (Å²) >= 11 is 0. The number of carbonyl (C=O) groups is 2. The van der Waals surface area contributed by atoms with Crippen molar-refractivity contribution < 1.29 is 18.7 Å². The van der Waals surface area contributed by atoms with Gasteiger partial charge in [-0.1, -0.05) is 18.9 Å². The number of anilines is 1. The Morgan fingerprint density at radius 1 is 1.38 bits per heavy atom. The number of nitrogens with one attached hydrogen (secondary N) is 1. The van der Waals surface area contributed by atoms with Crippen LogP contribution in [-0.2, 0) is 14.3 Å². The fraction of sp³-hybridized carbons (Fsp3) is 0.692. The van der Waals surface area contributed by atoms with Crippen molar-refractivity contribution in [3.63, 3.8) is 0 Å². The van der Waals surface area contributed by atoms with Crippen LogP contribution in [0.3, 0.4) is 0 Å². The van der Waals surface area contributed by atoms with E-state index in [1.807, 2.05) is 13.8 Å². The van der Waals surface area contributed by atoms with E-state index in [2.05, 4.69) is 15.5 Å². The molecule has 0 saturated heterocycles. The molecule has 0 atom stereocenters. The smallest absolute Gasteiger partial charge is 0.322 e. The van der Waals surface area contributed by atoms with Gasteiger partial charge in [0.1, 0.15) is 0 Å². The van der Waals surface area contributed by atoms with Crippen LogP contribution in [0.4, 0.5) is 6.01 Å². The Hall–Kier alpha value is -1.96. The Kier molecular flexibility index (Phi) is 6.80. The maximum atomic E-state index is 11.8. The van der Waals surface area contributed by atoms with Gasteiger partial charge in [-0.2, -0.15) is 0 Å². The van der Waals surface area contributed by atoms with Crippen molar-refractivity contribution in [1.82, 2.24) is 15.1 Å². The van der Waals surface area contributed by atoms with Crippen LogP contribution in [0.25, 0.3) is 0 Å². The van der Waals surface area contributed by atoms with Crippen LogP contribution >= 0.6 is 0 Å². The maximum absolute atomic E-state index is 11.8. The molecule has 8 heteroatoms. The minimum atomic E-state index is -0.277. The number of nitrogens with zero attached hydrogens (tertiary/aromatic N) is 3. The van der Waals surface area contributed by atoms with E-state index >= 15 is 0 Å². The molecule has 0 radical (unpaired) electrons. The zero-order valence-electron chi connectivity index (χ0n) is 12.9. The van der Waals surface area contributed by atoms with Gasteiger partial charge < -0.3 is 9.15 Å². The summed E-state index contributed by atoms with van der Waals surface area (Å²) in [6.07, 6.45) is 0.246. The van der Waals surface area contributed by atoms with Crippen molar-refractivity contribution in [2.45, 2.75) is 33.1 Å². The van der Waals surface area contributed by atoms with Gasteiger partial charge >= 0.3 is 12.0 Å². The molecular formula is C13H22N4O4. The highest BCUT2D eigenvalue weighted by Gasteiger charge is 2.14. The zero-order chi connectivity index (χ0) is 15.8. The molecule has 21 heavy (non-hydrogen) atoms. The van der Waals surface area contributed by atoms with Crippen molar-refractivity contribution in [3.05, 3.63) is 5.89 Å². The molecule has 1 amide bonds. The van der Waals surface area contributed by atoms with Crippen LogP contribution in [0.2, 0.25) is 0 Å². The Labute approximate surface area is 123 Å². The molecule has 0 bridgehead atoms. The summed E-state index contributed by atoms with van der Waals surface area (Å²) in [5.74, 6) is 0.0277. The minimum absolute atomic E-state index is 0.0856. The number of esters is 1. The average molecular weight is 298 g/mol. The predicted molar refractivity (Wildman–Crippen MR) is 75.8 cm³/mol. The third-order valence-corrected chi connectivity index (χ3v) is 2.60. The topological polar surface area (TPSA) is 97.6 Å². The van der Waals surface area contributed by atoms with Crippen molar-refractivity contribution in [3.8, 4) is 0 Å². The van der Waals surface area contributed by atoms with E-state index in [9.17, 15) is 9.59 Å². The molecule has 1 heterocycles. The van der Waals surface area contributed by atoms with Crippen LogP contribution in [0, 0.1) is 0 Å². The predicted octanol–water partition coefficient (Wildman–Crippen LogP) is 1.02. The van der Waals surface area contributed by atoms with Crippen LogP contribution in [-0.4, -0.2) is 53.7 Å². The molecule has 0 fully saturated rings. The molecule has 118 valence electrons. The summed E-state index contributed by atoms with van der Waals surface area (Å²) in [7, 11) is 1.74. The summed E-state index contributed by atoms with van der Waals surface area (Å²) in [4.78, 5) is 24.7. The molecule has 0 aliphatic heterocycles. The van der Waals surface area contributed by atoms with Crippen molar-refractivity contribution in [1.29, 1.82) is 0 Å². The van der Waals surface area contributed by atoms with Gasteiger partial charge in [0.15, 0.2) is 0 Å². The molecule has 1 rings (SSSR count). The second-order valence-electron chi connectivity index (χ2n) is 4.94. The minimum Gasteiger partial charge on any atom is -0.466 e. The van der Waals surface area contributed by atoms with Gasteiger partial charge in [-0.15, -0.1) is 5.10 Å². The standard InChI is InChI=1S/C13H22N4O4/c1-5-20-11(19)6-7-17(4)8-10(18)14-13-16-15-12(21-13)9(2)3/h9H,5-8H2,1-4H3,(H,14,16,18). The van der Waals surface area contributed by atoms with E-state index in [-0.39, 0.29) is 36.8 Å². The summed E-state index contributed by atoms with van der Waals surface area (Å²) in [5.41, 5.74) is 0. The fourth-order valence-electron chi connectivity index (χ4n) is 1.52. The first-order chi connectivity index (χ1) is 9.92. The normalized spacial score (nSPS) is 11.0. The van der Waals surface area contributed by atoms with Gasteiger partial charge in [-0.25, -0.2) is 0 Å². The van der Waals surface area contributed by atoms with Crippen LogP contribution in [0.15, 0.2) is 4.42 Å². The highest BCUT2D eigenvalue weighted by atomic mass is 16.5. The van der Waals surface area contributed by atoms with Crippen LogP contribution in [0.5, 0.6) is 0 Å². The summed E-state index contributed by atoms with van der Waals surface area (Å²) in [6, 6.07) is 0.0856. The van der Waals surface area contributed by atoms with Crippen molar-refractivity contribution in [2.75, 3.05) is 32.1 Å². The first kappa shape index (κ1) is 17.1. The van der Waals surface area contributed by atoms with E-state index < -0.39 is 0 Å². The number of rotatable bonds is 8. The Morgan fingerprint density at radius 3 is 2.67 bits per heavy atom. The van der Waals surface area contributed by atoms with Crippen LogP contribution < -0.4 is 5.32 Å². The molecule has 0 aliphatic carbocycles. The Morgan fingerprint density at radius 2 is 2.10 bits per heavy atom. The summed E-state index contributed by atoms with van der Waals surface area (Å²) in [6.45, 7) is 6.51. The number of ether oxygens (including phenoxy) is 1. The highest BCUT2D eigenvalue weighted by Crippen LogP contribution is 2.14. The largest absolute Gasteiger partial charge is 0.466 e. The fourth-order valence-corrected chi connectivity index (χ4v) is 1.52. The lowest BCUT2D eigenvalue weighted by atomic mass is 10.2. The SMILES string of the molecule is CCOC(=O)CCN(C)CC(=O)Nc1nnc(C(C)C)o1. The van der Waals surface area contributed by atoms with Gasteiger partial charge in [0, 0.05) is 12.5 Å². The molecule has 0 aromatic carbocycles. The first-order valence-electron chi connectivity index (χ1n) is 6.89. The highest BCUT2D eigenvalue weighted by molar-refractivity contribution is 5.90. The molecule has 8 nitrogen and oxygen atoms in total. The molecular weight excluding hydrogens is 276 g/mol. The number of amides is 1. The van der Waals surface area contributed by atoms with Gasteiger partial charge in [0.2, 0.25) is 11.8 Å². The van der Waals surface area contributed by atoms with E-state index in [1.165, 1.54) is 0 Å². The molecule has 1 aromatic heterocycles. The van der Waals surface area contributed by atoms with Gasteiger partial charge in [0.05, 0.1) is 19.6 Å². The average Bonchev–Trinajstić information content (AvgIpc) is 2.85. The van der Waals surface area contributed by atoms with Gasteiger partial charge in [-0.05, 0) is 14.0 Å². The number of hydrogen-bond acceptors (Lipinski definition) is 7. The quantitative estimate of drug-likeness (QED) is 0.715. The molecule has 0 unspecified atom stereocenters. The van der Waals surface area contributed by atoms with E-state index in [1.54, 1.807) is 18.9 Å². The number of carbonyl (C=O) groups excluding carboxylic acids is 2. The second-order valence-corrected chi connectivity index (χ2v) is 4.94. The lowest BCUT2D eigenvalue weighted by molar-refractivity contribution is -0.143. The number of aromatic nitrogens is 2. The van der Waals surface area contributed by atoms with Crippen molar-refractivity contribution in [2.24, 2.45) is 0 Å². The van der Waals surface area contributed by atoms with Crippen molar-refractivity contribution >= 4 is 17.9 Å². The third-order valence-electron chi connectivity index (χ3n) is 2.60. The van der Waals surface area contributed by atoms with E-state index in [0.717, 1.165) is 0 Å². The van der Waals surface area contributed by atoms with E-state index in [0.29, 0.717) is 19.0 Å².